The summed E-state index contributed by atoms with van der Waals surface area (Å²) in [5.41, 5.74) is 2.66. The van der Waals surface area contributed by atoms with Crippen LogP contribution in [0.4, 0.5) is 0 Å². The fraction of sp³-hybridized carbons (Fsp3) is 0.0769. The number of benzene rings is 1. The lowest BCUT2D eigenvalue weighted by molar-refractivity contribution is 0.0697. The lowest BCUT2D eigenvalue weighted by Gasteiger charge is -2.05. The van der Waals surface area contributed by atoms with Crippen molar-refractivity contribution in [2.75, 3.05) is 0 Å². The van der Waals surface area contributed by atoms with E-state index in [4.69, 9.17) is 5.11 Å². The van der Waals surface area contributed by atoms with Gasteiger partial charge in [-0.15, -0.1) is 0 Å². The minimum absolute atomic E-state index is 0.230. The van der Waals surface area contributed by atoms with E-state index in [-0.39, 0.29) is 5.56 Å². The van der Waals surface area contributed by atoms with Crippen molar-refractivity contribution in [2.45, 2.75) is 6.92 Å². The topological polar surface area (TPSA) is 50.2 Å². The predicted octanol–water partition coefficient (Wildman–Crippen LogP) is 2.76. The van der Waals surface area contributed by atoms with Gasteiger partial charge in [0.15, 0.2) is 0 Å². The maximum atomic E-state index is 11.0. The van der Waals surface area contributed by atoms with Crippen molar-refractivity contribution < 1.29 is 9.90 Å². The first-order chi connectivity index (χ1) is 7.68. The number of carboxylic acid groups (broad SMARTS) is 1. The maximum absolute atomic E-state index is 11.0. The van der Waals surface area contributed by atoms with Gasteiger partial charge in [-0.05, 0) is 25.1 Å². The van der Waals surface area contributed by atoms with Crippen molar-refractivity contribution in [2.24, 2.45) is 0 Å². The molecule has 2 aromatic rings. The summed E-state index contributed by atoms with van der Waals surface area (Å²) in [6.45, 7) is 1.97. The number of hydrogen-bond acceptors (Lipinski definition) is 2. The number of pyridine rings is 1. The van der Waals surface area contributed by atoms with Crippen molar-refractivity contribution in [1.29, 1.82) is 0 Å². The summed E-state index contributed by atoms with van der Waals surface area (Å²) in [6.07, 6.45) is 1.60. The molecule has 1 aromatic carbocycles. The predicted molar refractivity (Wildman–Crippen MR) is 61.4 cm³/mol. The Balaban J connectivity index is 2.60. The highest BCUT2D eigenvalue weighted by Crippen LogP contribution is 2.21. The van der Waals surface area contributed by atoms with E-state index in [9.17, 15) is 4.79 Å². The summed E-state index contributed by atoms with van der Waals surface area (Å²) in [6, 6.07) is 10.8. The Labute approximate surface area is 93.4 Å². The third-order valence-electron chi connectivity index (χ3n) is 2.33. The molecule has 1 heterocycles. The van der Waals surface area contributed by atoms with Crippen LogP contribution in [-0.2, 0) is 0 Å². The van der Waals surface area contributed by atoms with Gasteiger partial charge in [0.1, 0.15) is 0 Å². The Bertz CT molecular complexity index is 535. The Morgan fingerprint density at radius 3 is 2.75 bits per heavy atom. The van der Waals surface area contributed by atoms with E-state index in [2.05, 4.69) is 4.98 Å². The van der Waals surface area contributed by atoms with Crippen molar-refractivity contribution in [3.05, 3.63) is 53.7 Å². The Hall–Kier alpha value is -2.16. The lowest BCUT2D eigenvalue weighted by atomic mass is 10.0. The molecule has 0 saturated heterocycles. The number of nitrogens with zero attached hydrogens (tertiary/aromatic N) is 1. The third kappa shape index (κ3) is 1.93. The molecule has 0 fully saturated rings. The zero-order valence-electron chi connectivity index (χ0n) is 8.84. The van der Waals surface area contributed by atoms with Crippen LogP contribution in [0.3, 0.4) is 0 Å². The van der Waals surface area contributed by atoms with E-state index >= 15 is 0 Å². The van der Waals surface area contributed by atoms with Gasteiger partial charge in [-0.2, -0.15) is 0 Å². The van der Waals surface area contributed by atoms with Gasteiger partial charge in [0.05, 0.1) is 11.3 Å². The second-order valence-electron chi connectivity index (χ2n) is 3.57. The lowest BCUT2D eigenvalue weighted by Crippen LogP contribution is -2.01. The third-order valence-corrected chi connectivity index (χ3v) is 2.33. The molecule has 0 bridgehead atoms. The molecule has 0 atom stereocenters. The SMILES string of the molecule is Cc1cccc(-c2ncccc2C(=O)O)c1. The quantitative estimate of drug-likeness (QED) is 0.834. The summed E-state index contributed by atoms with van der Waals surface area (Å²) < 4.78 is 0. The number of carboxylic acids is 1. The van der Waals surface area contributed by atoms with Gasteiger partial charge >= 0.3 is 5.97 Å². The molecular weight excluding hydrogens is 202 g/mol. The Morgan fingerprint density at radius 1 is 1.25 bits per heavy atom. The van der Waals surface area contributed by atoms with Gasteiger partial charge in [-0.25, -0.2) is 4.79 Å². The Kier molecular flexibility index (Phi) is 2.68. The minimum Gasteiger partial charge on any atom is -0.478 e. The van der Waals surface area contributed by atoms with Crippen molar-refractivity contribution in [1.82, 2.24) is 4.98 Å². The van der Waals surface area contributed by atoms with Crippen molar-refractivity contribution in [3.63, 3.8) is 0 Å². The van der Waals surface area contributed by atoms with Crippen molar-refractivity contribution in [3.8, 4) is 11.3 Å². The number of aromatic nitrogens is 1. The van der Waals surface area contributed by atoms with Gasteiger partial charge in [0, 0.05) is 11.8 Å². The molecular formula is C13H11NO2. The average Bonchev–Trinajstić information content (AvgIpc) is 2.29. The summed E-state index contributed by atoms with van der Waals surface area (Å²) >= 11 is 0. The van der Waals surface area contributed by atoms with Crippen LogP contribution in [0.15, 0.2) is 42.6 Å². The van der Waals surface area contributed by atoms with E-state index in [1.54, 1.807) is 18.3 Å². The molecule has 0 aliphatic heterocycles. The van der Waals surface area contributed by atoms with E-state index in [1.165, 1.54) is 0 Å². The maximum Gasteiger partial charge on any atom is 0.337 e. The van der Waals surface area contributed by atoms with Crippen LogP contribution in [0.25, 0.3) is 11.3 Å². The van der Waals surface area contributed by atoms with Crippen LogP contribution in [-0.4, -0.2) is 16.1 Å². The van der Waals surface area contributed by atoms with Crippen LogP contribution in [0.2, 0.25) is 0 Å². The molecule has 3 nitrogen and oxygen atoms in total. The number of aromatic carboxylic acids is 1. The normalized spacial score (nSPS) is 10.1. The van der Waals surface area contributed by atoms with E-state index in [0.717, 1.165) is 11.1 Å². The zero-order valence-corrected chi connectivity index (χ0v) is 8.84. The van der Waals surface area contributed by atoms with E-state index < -0.39 is 5.97 Å². The Morgan fingerprint density at radius 2 is 2.06 bits per heavy atom. The highest BCUT2D eigenvalue weighted by Gasteiger charge is 2.11. The van der Waals surface area contributed by atoms with Crippen molar-refractivity contribution >= 4 is 5.97 Å². The standard InChI is InChI=1S/C13H11NO2/c1-9-4-2-5-10(8-9)12-11(13(15)16)6-3-7-14-12/h2-8H,1H3,(H,15,16). The molecule has 0 unspecified atom stereocenters. The molecule has 80 valence electrons. The number of hydrogen-bond donors (Lipinski definition) is 1. The first kappa shape index (κ1) is 10.4. The monoisotopic (exact) mass is 213 g/mol. The van der Waals surface area contributed by atoms with Crippen LogP contribution < -0.4 is 0 Å². The molecule has 2 rings (SSSR count). The van der Waals surface area contributed by atoms with Crippen LogP contribution in [0.5, 0.6) is 0 Å². The largest absolute Gasteiger partial charge is 0.478 e. The molecule has 0 amide bonds. The van der Waals surface area contributed by atoms with Crippen LogP contribution in [0.1, 0.15) is 15.9 Å². The molecule has 1 aromatic heterocycles. The average molecular weight is 213 g/mol. The summed E-state index contributed by atoms with van der Waals surface area (Å²) in [5, 5.41) is 9.06. The minimum atomic E-state index is -0.954. The molecule has 0 saturated carbocycles. The van der Waals surface area contributed by atoms with Gasteiger partial charge in [0.25, 0.3) is 0 Å². The number of rotatable bonds is 2. The van der Waals surface area contributed by atoms with Gasteiger partial charge in [-0.1, -0.05) is 23.8 Å². The zero-order chi connectivity index (χ0) is 11.5. The second-order valence-corrected chi connectivity index (χ2v) is 3.57. The fourth-order valence-electron chi connectivity index (χ4n) is 1.60. The molecule has 1 N–H and O–H groups in total. The highest BCUT2D eigenvalue weighted by atomic mass is 16.4. The number of carbonyl (C=O) groups is 1. The summed E-state index contributed by atoms with van der Waals surface area (Å²) in [4.78, 5) is 15.2. The van der Waals surface area contributed by atoms with Crippen LogP contribution in [0, 0.1) is 6.92 Å². The highest BCUT2D eigenvalue weighted by molar-refractivity contribution is 5.94. The molecule has 16 heavy (non-hydrogen) atoms. The second kappa shape index (κ2) is 4.14. The molecule has 3 heteroatoms. The molecule has 0 aliphatic carbocycles. The first-order valence-electron chi connectivity index (χ1n) is 4.94. The van der Waals surface area contributed by atoms with E-state index in [0.29, 0.717) is 5.69 Å². The molecule has 0 radical (unpaired) electrons. The van der Waals surface area contributed by atoms with Gasteiger partial charge in [0.2, 0.25) is 0 Å². The van der Waals surface area contributed by atoms with Crippen LogP contribution >= 0.6 is 0 Å². The van der Waals surface area contributed by atoms with E-state index in [1.807, 2.05) is 31.2 Å². The summed E-state index contributed by atoms with van der Waals surface area (Å²) in [5.74, 6) is -0.954. The van der Waals surface area contributed by atoms with Gasteiger partial charge in [-0.3, -0.25) is 4.98 Å². The number of aryl methyl sites for hydroxylation is 1. The molecule has 0 spiro atoms. The summed E-state index contributed by atoms with van der Waals surface area (Å²) in [7, 11) is 0. The molecule has 0 aliphatic rings. The fourth-order valence-corrected chi connectivity index (χ4v) is 1.60. The first-order valence-corrected chi connectivity index (χ1v) is 4.94. The van der Waals surface area contributed by atoms with Gasteiger partial charge < -0.3 is 5.11 Å². The smallest absolute Gasteiger partial charge is 0.337 e.